The first-order valence-electron chi connectivity index (χ1n) is 13.3. The molecule has 0 saturated carbocycles. The van der Waals surface area contributed by atoms with E-state index in [1.165, 1.54) is 8.87 Å². The van der Waals surface area contributed by atoms with Crippen LogP contribution in [0.3, 0.4) is 0 Å². The number of aromatic hydroxyl groups is 2. The molecular formula is C32H52O2S2Sn. The van der Waals surface area contributed by atoms with Crippen LogP contribution in [0.4, 0.5) is 0 Å². The molecule has 0 spiro atoms. The van der Waals surface area contributed by atoms with Gasteiger partial charge in [-0.15, -0.1) is 0 Å². The molecule has 5 heteroatoms. The average Bonchev–Trinajstić information content (AvgIpc) is 2.69. The van der Waals surface area contributed by atoms with Gasteiger partial charge in [-0.05, 0) is 43.9 Å². The Bertz CT molecular complexity index is 850. The van der Waals surface area contributed by atoms with E-state index in [9.17, 15) is 10.2 Å². The molecule has 0 unspecified atom stereocenters. The van der Waals surface area contributed by atoms with Gasteiger partial charge in [0.2, 0.25) is 0 Å². The third kappa shape index (κ3) is 11.9. The van der Waals surface area contributed by atoms with Crippen LogP contribution in [0.15, 0.2) is 34.1 Å². The first-order valence-corrected chi connectivity index (χ1v) is 18.1. The van der Waals surface area contributed by atoms with Gasteiger partial charge >= 0.3 is 43.9 Å². The average molecular weight is 652 g/mol. The molecule has 2 N–H and O–H groups in total. The number of rotatable bonds is 2. The van der Waals surface area contributed by atoms with Gasteiger partial charge in [0.05, 0.1) is 0 Å². The van der Waals surface area contributed by atoms with Crippen molar-refractivity contribution < 1.29 is 10.2 Å². The van der Waals surface area contributed by atoms with E-state index in [1.54, 1.807) is 0 Å². The summed E-state index contributed by atoms with van der Waals surface area (Å²) in [6.07, 6.45) is 0. The van der Waals surface area contributed by atoms with Crippen LogP contribution in [-0.2, 0) is 46.9 Å². The molecule has 0 saturated heterocycles. The van der Waals surface area contributed by atoms with Crippen molar-refractivity contribution >= 4 is 46.4 Å². The third-order valence-corrected chi connectivity index (χ3v) is 9.22. The molecule has 0 radical (unpaired) electrons. The first kappa shape index (κ1) is 36.3. The molecule has 208 valence electrons. The summed E-state index contributed by atoms with van der Waals surface area (Å²) in [5, 5.41) is 20.7. The monoisotopic (exact) mass is 652 g/mol. The maximum absolute atomic E-state index is 10.3. The SMILES string of the molecule is CC(C)(C)c1cc([S-])cc(C(C)(C)C)c1O.CC(C)(C)c1cc([S-])cc(C(C)(C)C)c1O.C[CH2][Sn+2][CH2]C. The van der Waals surface area contributed by atoms with Gasteiger partial charge in [0, 0.05) is 0 Å². The predicted octanol–water partition coefficient (Wildman–Crippen LogP) is 9.35. The number of phenolic OH excluding ortho intramolecular Hbond substituents is 2. The Morgan fingerprint density at radius 1 is 0.514 bits per heavy atom. The molecule has 2 aromatic rings. The van der Waals surface area contributed by atoms with Gasteiger partial charge in [0.1, 0.15) is 11.5 Å². The standard InChI is InChI=1S/2C14H22OS.2C2H5.Sn/c2*1-13(2,3)10-7-9(16)8-11(12(10)15)14(4,5)6;2*1-2;/h2*7-8,15-16H,1-6H3;2*1H2,2H3;/q;;;;+2/p-2. The van der Waals surface area contributed by atoms with E-state index in [1.807, 2.05) is 24.3 Å². The summed E-state index contributed by atoms with van der Waals surface area (Å²) in [6, 6.07) is 7.61. The van der Waals surface area contributed by atoms with E-state index < -0.39 is 0 Å². The quantitative estimate of drug-likeness (QED) is 0.251. The molecule has 0 atom stereocenters. The molecule has 0 bridgehead atoms. The Morgan fingerprint density at radius 2 is 0.703 bits per heavy atom. The second kappa shape index (κ2) is 14.1. The minimum absolute atomic E-state index is 0.0844. The van der Waals surface area contributed by atoms with Crippen molar-refractivity contribution in [1.82, 2.24) is 0 Å². The van der Waals surface area contributed by atoms with Crippen molar-refractivity contribution in [2.24, 2.45) is 0 Å². The molecule has 0 fully saturated rings. The number of benzene rings is 2. The van der Waals surface area contributed by atoms with Crippen LogP contribution >= 0.6 is 0 Å². The molecule has 37 heavy (non-hydrogen) atoms. The number of hydrogen-bond donors (Lipinski definition) is 2. The van der Waals surface area contributed by atoms with Crippen LogP contribution in [0.1, 0.15) is 119 Å². The Labute approximate surface area is 250 Å². The van der Waals surface area contributed by atoms with Crippen LogP contribution < -0.4 is 0 Å². The Balaban J connectivity index is 0.000000594. The van der Waals surface area contributed by atoms with Gasteiger partial charge in [0.15, 0.2) is 0 Å². The molecule has 0 aromatic heterocycles. The fourth-order valence-electron chi connectivity index (χ4n) is 3.75. The van der Waals surface area contributed by atoms with E-state index in [0.717, 1.165) is 32.0 Å². The fraction of sp³-hybridized carbons (Fsp3) is 0.625. The van der Waals surface area contributed by atoms with Crippen LogP contribution in [0.5, 0.6) is 11.5 Å². The van der Waals surface area contributed by atoms with Crippen molar-refractivity contribution in [1.29, 1.82) is 0 Å². The fourth-order valence-corrected chi connectivity index (χ4v) is 5.65. The van der Waals surface area contributed by atoms with Gasteiger partial charge in [0.25, 0.3) is 0 Å². The van der Waals surface area contributed by atoms with Crippen LogP contribution in [0.25, 0.3) is 0 Å². The van der Waals surface area contributed by atoms with E-state index >= 15 is 0 Å². The normalized spacial score (nSPS) is 12.1. The molecular weight excluding hydrogens is 599 g/mol. The van der Waals surface area contributed by atoms with Gasteiger partial charge < -0.3 is 35.5 Å². The molecule has 2 rings (SSSR count). The van der Waals surface area contributed by atoms with Crippen molar-refractivity contribution in [2.75, 3.05) is 0 Å². The van der Waals surface area contributed by atoms with Gasteiger partial charge in [-0.3, -0.25) is 0 Å². The number of phenols is 2. The molecule has 0 aliphatic carbocycles. The van der Waals surface area contributed by atoms with Crippen molar-refractivity contribution in [3.8, 4) is 11.5 Å². The van der Waals surface area contributed by atoms with E-state index in [0.29, 0.717) is 11.5 Å². The Kier molecular flexibility index (Phi) is 13.8. The van der Waals surface area contributed by atoms with Crippen molar-refractivity contribution in [3.63, 3.8) is 0 Å². The molecule has 2 aromatic carbocycles. The topological polar surface area (TPSA) is 40.5 Å². The zero-order valence-electron chi connectivity index (χ0n) is 25.9. The zero-order valence-corrected chi connectivity index (χ0v) is 30.4. The third-order valence-electron chi connectivity index (χ3n) is 5.90. The van der Waals surface area contributed by atoms with Crippen molar-refractivity contribution in [2.45, 2.75) is 137 Å². The van der Waals surface area contributed by atoms with Gasteiger partial charge in [-0.25, -0.2) is 0 Å². The van der Waals surface area contributed by atoms with Gasteiger partial charge in [-0.1, -0.05) is 107 Å². The molecule has 2 nitrogen and oxygen atoms in total. The molecule has 0 heterocycles. The summed E-state index contributed by atoms with van der Waals surface area (Å²) in [6.45, 7) is 29.6. The van der Waals surface area contributed by atoms with E-state index in [2.05, 4.69) is 96.9 Å². The summed E-state index contributed by atoms with van der Waals surface area (Å²) >= 11 is 10.8. The zero-order chi connectivity index (χ0) is 29.6. The summed E-state index contributed by atoms with van der Waals surface area (Å²) in [4.78, 5) is 1.60. The summed E-state index contributed by atoms with van der Waals surface area (Å²) in [7, 11) is 0. The molecule has 0 amide bonds. The predicted molar refractivity (Wildman–Crippen MR) is 169 cm³/mol. The van der Waals surface area contributed by atoms with E-state index in [4.69, 9.17) is 25.3 Å². The molecule has 0 aliphatic heterocycles. The van der Waals surface area contributed by atoms with E-state index in [-0.39, 0.29) is 42.8 Å². The molecule has 0 aliphatic rings. The van der Waals surface area contributed by atoms with Crippen molar-refractivity contribution in [3.05, 3.63) is 46.5 Å². The summed E-state index contributed by atoms with van der Waals surface area (Å²) in [5.74, 6) is 0.794. The van der Waals surface area contributed by atoms with Gasteiger partial charge in [-0.2, -0.15) is 9.79 Å². The first-order chi connectivity index (χ1) is 16.5. The Morgan fingerprint density at radius 3 is 0.811 bits per heavy atom. The van der Waals surface area contributed by atoms with Crippen LogP contribution in [-0.4, -0.2) is 31.4 Å². The number of hydrogen-bond acceptors (Lipinski definition) is 4. The summed E-state index contributed by atoms with van der Waals surface area (Å²) in [5.41, 5.74) is 3.40. The second-order valence-electron chi connectivity index (χ2n) is 13.7. The van der Waals surface area contributed by atoms with Crippen LogP contribution in [0.2, 0.25) is 8.87 Å². The summed E-state index contributed by atoms with van der Waals surface area (Å²) < 4.78 is 3.03. The minimum atomic E-state index is -0.0844. The van der Waals surface area contributed by atoms with Crippen LogP contribution in [0, 0.1) is 0 Å². The Hall–Kier alpha value is -0.721. The second-order valence-corrected chi connectivity index (χ2v) is 20.1. The maximum atomic E-state index is 10.3.